The topological polar surface area (TPSA) is 62.2 Å². The quantitative estimate of drug-likeness (QED) is 0.883. The van der Waals surface area contributed by atoms with Gasteiger partial charge in [0.1, 0.15) is 5.01 Å². The molecule has 0 bridgehead atoms. The normalized spacial score (nSPS) is 22.3. The number of carbonyl (C=O) groups is 1. The van der Waals surface area contributed by atoms with Crippen LogP contribution in [0.25, 0.3) is 9.88 Å². The maximum Gasteiger partial charge on any atom is 0.306 e. The molecule has 4 nitrogen and oxygen atoms in total. The average molecular weight is 322 g/mol. The van der Waals surface area contributed by atoms with Gasteiger partial charge in [0.2, 0.25) is 0 Å². The van der Waals surface area contributed by atoms with Crippen molar-refractivity contribution < 1.29 is 9.90 Å². The minimum Gasteiger partial charge on any atom is -0.481 e. The maximum absolute atomic E-state index is 10.9. The zero-order valence-electron chi connectivity index (χ0n) is 11.6. The molecule has 6 heteroatoms. The Balaban J connectivity index is 1.49. The van der Waals surface area contributed by atoms with Crippen LogP contribution in [-0.2, 0) is 11.3 Å². The van der Waals surface area contributed by atoms with E-state index in [1.165, 1.54) is 4.88 Å². The van der Waals surface area contributed by atoms with Crippen LogP contribution in [0.5, 0.6) is 0 Å². The van der Waals surface area contributed by atoms with Crippen molar-refractivity contribution in [1.29, 1.82) is 0 Å². The smallest absolute Gasteiger partial charge is 0.306 e. The third-order valence-electron chi connectivity index (χ3n) is 3.93. The van der Waals surface area contributed by atoms with E-state index in [1.807, 2.05) is 6.07 Å². The molecule has 0 unspecified atom stereocenters. The predicted octanol–water partition coefficient (Wildman–Crippen LogP) is 3.60. The molecule has 0 spiro atoms. The summed E-state index contributed by atoms with van der Waals surface area (Å²) in [6.07, 6.45) is 3.45. The summed E-state index contributed by atoms with van der Waals surface area (Å²) in [5.41, 5.74) is 1.07. The second-order valence-corrected chi connectivity index (χ2v) is 7.19. The van der Waals surface area contributed by atoms with Crippen LogP contribution < -0.4 is 5.32 Å². The number of nitrogens with zero attached hydrogens (tertiary/aromatic N) is 1. The molecule has 2 heterocycles. The second kappa shape index (κ2) is 6.68. The predicted molar refractivity (Wildman–Crippen MR) is 85.6 cm³/mol. The Labute approximate surface area is 131 Å². The Bertz CT molecular complexity index is 587. The summed E-state index contributed by atoms with van der Waals surface area (Å²) < 4.78 is 0. The molecule has 1 aliphatic carbocycles. The van der Waals surface area contributed by atoms with Crippen LogP contribution >= 0.6 is 22.7 Å². The Hall–Kier alpha value is -1.24. The first-order valence-corrected chi connectivity index (χ1v) is 8.93. The van der Waals surface area contributed by atoms with E-state index in [2.05, 4.69) is 27.1 Å². The van der Waals surface area contributed by atoms with Crippen LogP contribution in [-0.4, -0.2) is 22.1 Å². The van der Waals surface area contributed by atoms with Crippen molar-refractivity contribution in [2.24, 2.45) is 5.92 Å². The third kappa shape index (κ3) is 3.70. The van der Waals surface area contributed by atoms with Gasteiger partial charge in [-0.15, -0.1) is 22.7 Å². The lowest BCUT2D eigenvalue weighted by Crippen LogP contribution is -2.34. The Kier molecular flexibility index (Phi) is 4.67. The van der Waals surface area contributed by atoms with Crippen LogP contribution in [0.15, 0.2) is 22.9 Å². The molecule has 3 rings (SSSR count). The Morgan fingerprint density at radius 1 is 1.33 bits per heavy atom. The Morgan fingerprint density at radius 3 is 2.81 bits per heavy atom. The number of hydrogen-bond donors (Lipinski definition) is 2. The number of carboxylic acid groups (broad SMARTS) is 1. The molecule has 112 valence electrons. The highest BCUT2D eigenvalue weighted by atomic mass is 32.1. The number of aromatic nitrogens is 1. The van der Waals surface area contributed by atoms with E-state index in [4.69, 9.17) is 5.11 Å². The highest BCUT2D eigenvalue weighted by Crippen LogP contribution is 2.28. The van der Waals surface area contributed by atoms with E-state index in [9.17, 15) is 4.79 Å². The SMILES string of the molecule is O=C(O)C1CCC(NCc2csc(-c3cccs3)n2)CC1. The van der Waals surface area contributed by atoms with Crippen molar-refractivity contribution in [2.45, 2.75) is 38.3 Å². The van der Waals surface area contributed by atoms with Crippen LogP contribution in [0.1, 0.15) is 31.4 Å². The minimum absolute atomic E-state index is 0.146. The van der Waals surface area contributed by atoms with Gasteiger partial charge in [-0.25, -0.2) is 4.98 Å². The van der Waals surface area contributed by atoms with Gasteiger partial charge in [-0.05, 0) is 37.1 Å². The molecule has 0 amide bonds. The van der Waals surface area contributed by atoms with Gasteiger partial charge >= 0.3 is 5.97 Å². The lowest BCUT2D eigenvalue weighted by atomic mass is 9.86. The molecular formula is C15H18N2O2S2. The van der Waals surface area contributed by atoms with E-state index in [0.717, 1.165) is 42.9 Å². The van der Waals surface area contributed by atoms with Gasteiger partial charge in [0.05, 0.1) is 16.5 Å². The lowest BCUT2D eigenvalue weighted by molar-refractivity contribution is -0.142. The highest BCUT2D eigenvalue weighted by Gasteiger charge is 2.25. The molecule has 1 aliphatic rings. The third-order valence-corrected chi connectivity index (χ3v) is 5.86. The molecule has 0 aliphatic heterocycles. The Morgan fingerprint density at radius 2 is 2.14 bits per heavy atom. The van der Waals surface area contributed by atoms with Crippen molar-refractivity contribution in [3.8, 4) is 9.88 Å². The molecule has 2 N–H and O–H groups in total. The van der Waals surface area contributed by atoms with Gasteiger partial charge in [-0.1, -0.05) is 6.07 Å². The van der Waals surface area contributed by atoms with Gasteiger partial charge in [0.15, 0.2) is 0 Å². The van der Waals surface area contributed by atoms with Crippen LogP contribution in [0.2, 0.25) is 0 Å². The van der Waals surface area contributed by atoms with E-state index < -0.39 is 5.97 Å². The molecule has 2 aromatic rings. The molecule has 2 aromatic heterocycles. The summed E-state index contributed by atoms with van der Waals surface area (Å²) in [7, 11) is 0. The summed E-state index contributed by atoms with van der Waals surface area (Å²) in [6.45, 7) is 0.768. The number of aliphatic carboxylic acids is 1. The van der Waals surface area contributed by atoms with E-state index in [0.29, 0.717) is 6.04 Å². The molecule has 0 saturated heterocycles. The number of carboxylic acids is 1. The minimum atomic E-state index is -0.645. The first kappa shape index (κ1) is 14.7. The fourth-order valence-corrected chi connectivity index (χ4v) is 4.33. The number of nitrogens with one attached hydrogen (secondary N) is 1. The van der Waals surface area contributed by atoms with Crippen LogP contribution in [0.3, 0.4) is 0 Å². The van der Waals surface area contributed by atoms with Crippen molar-refractivity contribution in [3.63, 3.8) is 0 Å². The molecular weight excluding hydrogens is 304 g/mol. The lowest BCUT2D eigenvalue weighted by Gasteiger charge is -2.26. The zero-order valence-corrected chi connectivity index (χ0v) is 13.3. The van der Waals surface area contributed by atoms with Crippen molar-refractivity contribution in [3.05, 3.63) is 28.6 Å². The summed E-state index contributed by atoms with van der Waals surface area (Å²) >= 11 is 3.39. The van der Waals surface area contributed by atoms with E-state index in [-0.39, 0.29) is 5.92 Å². The maximum atomic E-state index is 10.9. The van der Waals surface area contributed by atoms with Gasteiger partial charge in [0.25, 0.3) is 0 Å². The monoisotopic (exact) mass is 322 g/mol. The first-order valence-electron chi connectivity index (χ1n) is 7.17. The molecule has 1 saturated carbocycles. The number of rotatable bonds is 5. The van der Waals surface area contributed by atoms with Crippen molar-refractivity contribution >= 4 is 28.6 Å². The standard InChI is InChI=1S/C15H18N2O2S2/c18-15(19)10-3-5-11(6-4-10)16-8-12-9-21-14(17-12)13-2-1-7-20-13/h1-2,7,9-11,16H,3-6,8H2,(H,18,19). The van der Waals surface area contributed by atoms with Crippen molar-refractivity contribution in [1.82, 2.24) is 10.3 Å². The first-order chi connectivity index (χ1) is 10.2. The summed E-state index contributed by atoms with van der Waals surface area (Å²) in [4.78, 5) is 16.8. The van der Waals surface area contributed by atoms with Gasteiger partial charge in [-0.3, -0.25) is 4.79 Å². The average Bonchev–Trinajstić information content (AvgIpc) is 3.16. The summed E-state index contributed by atoms with van der Waals surface area (Å²) in [5.74, 6) is -0.790. The molecule has 0 aromatic carbocycles. The fourth-order valence-electron chi connectivity index (χ4n) is 2.69. The molecule has 21 heavy (non-hydrogen) atoms. The number of thiophene rings is 1. The zero-order chi connectivity index (χ0) is 14.7. The second-order valence-electron chi connectivity index (χ2n) is 5.39. The van der Waals surface area contributed by atoms with Gasteiger partial charge < -0.3 is 10.4 Å². The summed E-state index contributed by atoms with van der Waals surface area (Å²) in [6, 6.07) is 4.56. The molecule has 0 atom stereocenters. The number of hydrogen-bond acceptors (Lipinski definition) is 5. The van der Waals surface area contributed by atoms with Gasteiger partial charge in [-0.2, -0.15) is 0 Å². The van der Waals surface area contributed by atoms with E-state index in [1.54, 1.807) is 22.7 Å². The number of thiazole rings is 1. The van der Waals surface area contributed by atoms with Crippen LogP contribution in [0, 0.1) is 5.92 Å². The molecule has 0 radical (unpaired) electrons. The molecule has 1 fully saturated rings. The van der Waals surface area contributed by atoms with E-state index >= 15 is 0 Å². The van der Waals surface area contributed by atoms with Gasteiger partial charge in [0, 0.05) is 18.0 Å². The summed E-state index contributed by atoms with van der Waals surface area (Å²) in [5, 5.41) is 17.8. The highest BCUT2D eigenvalue weighted by molar-refractivity contribution is 7.20. The fraction of sp³-hybridized carbons (Fsp3) is 0.467. The largest absolute Gasteiger partial charge is 0.481 e. The van der Waals surface area contributed by atoms with Crippen molar-refractivity contribution in [2.75, 3.05) is 0 Å². The van der Waals surface area contributed by atoms with Crippen LogP contribution in [0.4, 0.5) is 0 Å².